The van der Waals surface area contributed by atoms with Crippen LogP contribution in [0.1, 0.15) is 37.8 Å². The first-order chi connectivity index (χ1) is 9.31. The Balaban J connectivity index is 1.97. The van der Waals surface area contributed by atoms with Gasteiger partial charge in [0.1, 0.15) is 0 Å². The van der Waals surface area contributed by atoms with E-state index >= 15 is 0 Å². The number of ether oxygens (including phenoxy) is 1. The molecule has 102 valence electrons. The first-order valence-corrected chi connectivity index (χ1v) is 7.09. The minimum Gasteiger partial charge on any atom is -0.375 e. The lowest BCUT2D eigenvalue weighted by Crippen LogP contribution is -2.43. The van der Waals surface area contributed by atoms with Gasteiger partial charge in [-0.3, -0.25) is 4.90 Å². The molecule has 1 aliphatic rings. The first kappa shape index (κ1) is 14.0. The van der Waals surface area contributed by atoms with Crippen molar-refractivity contribution in [2.45, 2.75) is 38.3 Å². The second-order valence-electron chi connectivity index (χ2n) is 5.18. The molecule has 1 fully saturated rings. The second kappa shape index (κ2) is 7.28. The predicted molar refractivity (Wildman–Crippen MR) is 75.6 cm³/mol. The molecule has 0 N–H and O–H groups in total. The van der Waals surface area contributed by atoms with Crippen LogP contribution in [0.3, 0.4) is 0 Å². The van der Waals surface area contributed by atoms with E-state index in [0.29, 0.717) is 18.6 Å². The van der Waals surface area contributed by atoms with E-state index in [1.165, 1.54) is 5.56 Å². The van der Waals surface area contributed by atoms with Crippen molar-refractivity contribution in [2.24, 2.45) is 0 Å². The number of hydrogen-bond acceptors (Lipinski definition) is 3. The smallest absolute Gasteiger partial charge is 0.0675 e. The highest BCUT2D eigenvalue weighted by Crippen LogP contribution is 2.26. The van der Waals surface area contributed by atoms with Gasteiger partial charge in [-0.2, -0.15) is 5.26 Å². The Morgan fingerprint density at radius 2 is 2.11 bits per heavy atom. The van der Waals surface area contributed by atoms with Crippen molar-refractivity contribution in [1.29, 1.82) is 5.26 Å². The molecule has 3 nitrogen and oxygen atoms in total. The van der Waals surface area contributed by atoms with Gasteiger partial charge in [0.2, 0.25) is 0 Å². The normalized spacial score (nSPS) is 24.0. The molecule has 1 heterocycles. The summed E-state index contributed by atoms with van der Waals surface area (Å²) in [6.45, 7) is 4.92. The number of hydrogen-bond donors (Lipinski definition) is 0. The second-order valence-corrected chi connectivity index (χ2v) is 5.18. The van der Waals surface area contributed by atoms with Crippen molar-refractivity contribution < 1.29 is 4.74 Å². The van der Waals surface area contributed by atoms with E-state index < -0.39 is 0 Å². The van der Waals surface area contributed by atoms with E-state index in [-0.39, 0.29) is 0 Å². The molecule has 3 heteroatoms. The highest BCUT2D eigenvalue weighted by Gasteiger charge is 2.27. The highest BCUT2D eigenvalue weighted by atomic mass is 16.5. The summed E-state index contributed by atoms with van der Waals surface area (Å²) in [7, 11) is 0. The fraction of sp³-hybridized carbons (Fsp3) is 0.562. The molecule has 1 aromatic carbocycles. The minimum atomic E-state index is 0.302. The summed E-state index contributed by atoms with van der Waals surface area (Å²) < 4.78 is 5.81. The molecule has 1 aliphatic heterocycles. The minimum absolute atomic E-state index is 0.302. The van der Waals surface area contributed by atoms with E-state index in [4.69, 9.17) is 10.00 Å². The van der Waals surface area contributed by atoms with Crippen LogP contribution in [0.2, 0.25) is 0 Å². The Labute approximate surface area is 115 Å². The van der Waals surface area contributed by atoms with Crippen LogP contribution in [0.15, 0.2) is 30.3 Å². The summed E-state index contributed by atoms with van der Waals surface area (Å²) >= 11 is 0. The van der Waals surface area contributed by atoms with E-state index in [0.717, 1.165) is 32.5 Å². The van der Waals surface area contributed by atoms with Crippen LogP contribution in [0, 0.1) is 11.3 Å². The van der Waals surface area contributed by atoms with Crippen molar-refractivity contribution in [2.75, 3.05) is 19.7 Å². The van der Waals surface area contributed by atoms with Crippen LogP contribution in [0.4, 0.5) is 0 Å². The number of nitriles is 1. The molecule has 2 rings (SSSR count). The molecule has 19 heavy (non-hydrogen) atoms. The van der Waals surface area contributed by atoms with E-state index in [2.05, 4.69) is 42.2 Å². The zero-order chi connectivity index (χ0) is 13.5. The van der Waals surface area contributed by atoms with Crippen LogP contribution in [0.5, 0.6) is 0 Å². The summed E-state index contributed by atoms with van der Waals surface area (Å²) in [4.78, 5) is 2.50. The molecule has 0 radical (unpaired) electrons. The van der Waals surface area contributed by atoms with Gasteiger partial charge in [0.25, 0.3) is 0 Å². The summed E-state index contributed by atoms with van der Waals surface area (Å²) in [5.74, 6) is 0. The fourth-order valence-electron chi connectivity index (χ4n) is 2.62. The fourth-order valence-corrected chi connectivity index (χ4v) is 2.62. The number of morpholine rings is 1. The van der Waals surface area contributed by atoms with Crippen LogP contribution in [-0.2, 0) is 4.74 Å². The molecule has 0 bridgehead atoms. The van der Waals surface area contributed by atoms with Crippen molar-refractivity contribution in [1.82, 2.24) is 4.90 Å². The van der Waals surface area contributed by atoms with E-state index in [9.17, 15) is 0 Å². The average Bonchev–Trinajstić information content (AvgIpc) is 2.45. The van der Waals surface area contributed by atoms with E-state index in [1.807, 2.05) is 6.07 Å². The van der Waals surface area contributed by atoms with Crippen LogP contribution < -0.4 is 0 Å². The van der Waals surface area contributed by atoms with E-state index in [1.54, 1.807) is 0 Å². The molecule has 0 spiro atoms. The molecule has 0 aliphatic carbocycles. The monoisotopic (exact) mass is 258 g/mol. The first-order valence-electron chi connectivity index (χ1n) is 7.09. The third-order valence-electron chi connectivity index (χ3n) is 3.64. The maximum Gasteiger partial charge on any atom is 0.0675 e. The third-order valence-corrected chi connectivity index (χ3v) is 3.64. The molecule has 0 saturated carbocycles. The Morgan fingerprint density at radius 1 is 1.32 bits per heavy atom. The SMILES string of the molecule is C[C@@H]1CN(CCCCC#N)[C@H](c2ccccc2)CO1. The standard InChI is InChI=1S/C16H22N2O/c1-14-12-18(11-7-3-6-10-17)16(13-19-14)15-8-4-2-5-9-15/h2,4-5,8-9,14,16H,3,6-7,11-13H2,1H3/t14-,16+/m1/s1. The summed E-state index contributed by atoms with van der Waals surface area (Å²) in [6, 6.07) is 13.1. The molecule has 0 aromatic heterocycles. The summed E-state index contributed by atoms with van der Waals surface area (Å²) in [5, 5.41) is 8.59. The largest absolute Gasteiger partial charge is 0.375 e. The van der Waals surface area contributed by atoms with Gasteiger partial charge in [-0.25, -0.2) is 0 Å². The lowest BCUT2D eigenvalue weighted by Gasteiger charge is -2.39. The summed E-state index contributed by atoms with van der Waals surface area (Å²) in [6.07, 6.45) is 3.04. The molecule has 2 atom stereocenters. The molecular formula is C16H22N2O. The predicted octanol–water partition coefficient (Wildman–Crippen LogP) is 3.14. The van der Waals surface area contributed by atoms with Gasteiger partial charge in [0.15, 0.2) is 0 Å². The van der Waals surface area contributed by atoms with Crippen molar-refractivity contribution in [3.8, 4) is 6.07 Å². The Hall–Kier alpha value is -1.37. The zero-order valence-electron chi connectivity index (χ0n) is 11.6. The Morgan fingerprint density at radius 3 is 2.84 bits per heavy atom. The average molecular weight is 258 g/mol. The maximum atomic E-state index is 8.59. The number of benzene rings is 1. The van der Waals surface area contributed by atoms with Gasteiger partial charge in [-0.05, 0) is 31.9 Å². The van der Waals surface area contributed by atoms with Crippen LogP contribution >= 0.6 is 0 Å². The molecule has 1 aromatic rings. The lowest BCUT2D eigenvalue weighted by molar-refractivity contribution is -0.0566. The number of rotatable bonds is 5. The van der Waals surface area contributed by atoms with Crippen LogP contribution in [0.25, 0.3) is 0 Å². The molecular weight excluding hydrogens is 236 g/mol. The Kier molecular flexibility index (Phi) is 5.38. The van der Waals surface area contributed by atoms with Gasteiger partial charge in [-0.1, -0.05) is 30.3 Å². The van der Waals surface area contributed by atoms with Crippen LogP contribution in [-0.4, -0.2) is 30.7 Å². The highest BCUT2D eigenvalue weighted by molar-refractivity contribution is 5.19. The third kappa shape index (κ3) is 4.05. The topological polar surface area (TPSA) is 36.3 Å². The quantitative estimate of drug-likeness (QED) is 0.761. The van der Waals surface area contributed by atoms with Gasteiger partial charge < -0.3 is 4.74 Å². The molecule has 0 unspecified atom stereocenters. The number of nitrogens with zero attached hydrogens (tertiary/aromatic N) is 2. The zero-order valence-corrected chi connectivity index (χ0v) is 11.6. The molecule has 1 saturated heterocycles. The number of unbranched alkanes of at least 4 members (excludes halogenated alkanes) is 2. The summed E-state index contributed by atoms with van der Waals surface area (Å²) in [5.41, 5.74) is 1.33. The van der Waals surface area contributed by atoms with Gasteiger partial charge >= 0.3 is 0 Å². The Bertz CT molecular complexity index is 413. The van der Waals surface area contributed by atoms with Crippen molar-refractivity contribution >= 4 is 0 Å². The van der Waals surface area contributed by atoms with Crippen molar-refractivity contribution in [3.63, 3.8) is 0 Å². The van der Waals surface area contributed by atoms with Gasteiger partial charge in [0.05, 0.1) is 24.8 Å². The van der Waals surface area contributed by atoms with Gasteiger partial charge in [-0.15, -0.1) is 0 Å². The van der Waals surface area contributed by atoms with Gasteiger partial charge in [0, 0.05) is 13.0 Å². The maximum absolute atomic E-state index is 8.59. The molecule has 0 amide bonds. The lowest BCUT2D eigenvalue weighted by atomic mass is 10.0. The van der Waals surface area contributed by atoms with Crippen molar-refractivity contribution in [3.05, 3.63) is 35.9 Å².